The Labute approximate surface area is 127 Å². The summed E-state index contributed by atoms with van der Waals surface area (Å²) >= 11 is 0. The highest BCUT2D eigenvalue weighted by Gasteiger charge is 2.31. The number of halogens is 3. The molecule has 3 rings (SSSR count). The molecule has 0 aliphatic rings. The van der Waals surface area contributed by atoms with E-state index in [4.69, 9.17) is 0 Å². The summed E-state index contributed by atoms with van der Waals surface area (Å²) in [6.07, 6.45) is -3.33. The Kier molecular flexibility index (Phi) is 3.48. The smallest absolute Gasteiger partial charge is 0.507 e. The van der Waals surface area contributed by atoms with Gasteiger partial charge < -0.3 is 14.8 Å². The molecule has 23 heavy (non-hydrogen) atoms. The molecule has 0 saturated heterocycles. The van der Waals surface area contributed by atoms with Gasteiger partial charge in [-0.3, -0.25) is 4.79 Å². The predicted octanol–water partition coefficient (Wildman–Crippen LogP) is 3.80. The number of benzene rings is 2. The second kappa shape index (κ2) is 5.35. The minimum atomic E-state index is -4.82. The number of hydrogen-bond acceptors (Lipinski definition) is 3. The Balaban J connectivity index is 2.12. The molecule has 0 atom stereocenters. The molecule has 0 aliphatic heterocycles. The zero-order valence-electron chi connectivity index (χ0n) is 11.5. The molecule has 7 heteroatoms. The van der Waals surface area contributed by atoms with Crippen molar-refractivity contribution in [3.05, 3.63) is 59.0 Å². The fourth-order valence-electron chi connectivity index (χ4n) is 2.29. The first-order valence-electron chi connectivity index (χ1n) is 6.54. The van der Waals surface area contributed by atoms with Crippen molar-refractivity contribution in [3.8, 4) is 22.6 Å². The van der Waals surface area contributed by atoms with Crippen molar-refractivity contribution < 1.29 is 23.0 Å². The van der Waals surface area contributed by atoms with Gasteiger partial charge in [0.15, 0.2) is 0 Å². The highest BCUT2D eigenvalue weighted by Crippen LogP contribution is 2.35. The number of aromatic nitrogens is 1. The number of H-pyrrole nitrogens is 1. The van der Waals surface area contributed by atoms with E-state index in [9.17, 15) is 23.1 Å². The lowest BCUT2D eigenvalue weighted by atomic mass is 10.0. The lowest BCUT2D eigenvalue weighted by Crippen LogP contribution is -2.17. The minimum absolute atomic E-state index is 0.136. The molecule has 0 aliphatic carbocycles. The molecule has 1 aromatic heterocycles. The van der Waals surface area contributed by atoms with Crippen LogP contribution in [0.5, 0.6) is 11.5 Å². The van der Waals surface area contributed by atoms with Gasteiger partial charge in [-0.1, -0.05) is 12.1 Å². The van der Waals surface area contributed by atoms with Gasteiger partial charge in [-0.2, -0.15) is 0 Å². The van der Waals surface area contributed by atoms with E-state index in [1.54, 1.807) is 18.2 Å². The molecule has 0 fully saturated rings. The molecule has 2 N–H and O–H groups in total. The number of fused-ring (bicyclic) bond motifs is 1. The predicted molar refractivity (Wildman–Crippen MR) is 78.4 cm³/mol. The molecule has 2 aromatic carbocycles. The molecule has 118 valence electrons. The van der Waals surface area contributed by atoms with Crippen LogP contribution in [-0.4, -0.2) is 16.5 Å². The summed E-state index contributed by atoms with van der Waals surface area (Å²) in [5.74, 6) is -0.668. The lowest BCUT2D eigenvalue weighted by molar-refractivity contribution is -0.274. The summed E-state index contributed by atoms with van der Waals surface area (Å²) in [5.41, 5.74) is 0.211. The maximum atomic E-state index is 12.3. The van der Waals surface area contributed by atoms with Crippen molar-refractivity contribution in [1.29, 1.82) is 0 Å². The van der Waals surface area contributed by atoms with Gasteiger partial charge in [0.2, 0.25) is 0 Å². The highest BCUT2D eigenvalue weighted by atomic mass is 19.4. The number of hydrogen-bond donors (Lipinski definition) is 2. The fourth-order valence-corrected chi connectivity index (χ4v) is 2.29. The maximum Gasteiger partial charge on any atom is 0.573 e. The molecule has 0 radical (unpaired) electrons. The number of alkyl halides is 3. The van der Waals surface area contributed by atoms with Crippen molar-refractivity contribution in [2.24, 2.45) is 0 Å². The number of aromatic amines is 1. The average Bonchev–Trinajstić information content (AvgIpc) is 2.48. The largest absolute Gasteiger partial charge is 0.573 e. The van der Waals surface area contributed by atoms with Crippen LogP contribution in [0.25, 0.3) is 21.9 Å². The molecule has 4 nitrogen and oxygen atoms in total. The summed E-state index contributed by atoms with van der Waals surface area (Å²) in [7, 11) is 0. The third kappa shape index (κ3) is 3.13. The van der Waals surface area contributed by atoms with Gasteiger partial charge in [-0.15, -0.1) is 13.2 Å². The third-order valence-corrected chi connectivity index (χ3v) is 3.29. The lowest BCUT2D eigenvalue weighted by Gasteiger charge is -2.12. The molecule has 0 spiro atoms. The number of pyridine rings is 1. The van der Waals surface area contributed by atoms with Crippen LogP contribution in [0.2, 0.25) is 0 Å². The van der Waals surface area contributed by atoms with Crippen LogP contribution in [0.4, 0.5) is 13.2 Å². The fraction of sp³-hybridized carbons (Fsp3) is 0.0625. The van der Waals surface area contributed by atoms with Crippen molar-refractivity contribution in [1.82, 2.24) is 4.98 Å². The first kappa shape index (κ1) is 15.0. The second-order valence-corrected chi connectivity index (χ2v) is 4.84. The number of nitrogens with one attached hydrogen (secondary N) is 1. The summed E-state index contributed by atoms with van der Waals surface area (Å²) < 4.78 is 40.8. The van der Waals surface area contributed by atoms with E-state index in [1.165, 1.54) is 12.3 Å². The molecule has 0 unspecified atom stereocenters. The van der Waals surface area contributed by atoms with E-state index >= 15 is 0 Å². The van der Waals surface area contributed by atoms with Crippen LogP contribution < -0.4 is 10.3 Å². The quantitative estimate of drug-likeness (QED) is 0.755. The van der Waals surface area contributed by atoms with Crippen LogP contribution in [-0.2, 0) is 0 Å². The summed E-state index contributed by atoms with van der Waals surface area (Å²) in [4.78, 5) is 14.3. The minimum Gasteiger partial charge on any atom is -0.507 e. The standard InChI is InChI=1S/C16H10F3NO3/c17-16(18,19)23-11-3-4-14(21)12(8-11)10-2-1-9-5-6-20-15(22)13(9)7-10/h1-8,21H,(H,20,22). The van der Waals surface area contributed by atoms with Crippen molar-refractivity contribution >= 4 is 10.8 Å². The Hall–Kier alpha value is -2.96. The highest BCUT2D eigenvalue weighted by molar-refractivity contribution is 5.87. The van der Waals surface area contributed by atoms with E-state index in [1.807, 2.05) is 0 Å². The Bertz CT molecular complexity index is 932. The normalized spacial score (nSPS) is 11.6. The first-order chi connectivity index (χ1) is 10.8. The molecule has 3 aromatic rings. The molecule has 0 saturated carbocycles. The molecule has 0 bridgehead atoms. The number of phenolic OH excluding ortho intramolecular Hbond substituents is 1. The van der Waals surface area contributed by atoms with Gasteiger partial charge in [0.25, 0.3) is 5.56 Å². The average molecular weight is 321 g/mol. The molecular formula is C16H10F3NO3. The van der Waals surface area contributed by atoms with Crippen LogP contribution >= 0.6 is 0 Å². The Morgan fingerprint density at radius 2 is 1.83 bits per heavy atom. The summed E-state index contributed by atoms with van der Waals surface area (Å²) in [6.45, 7) is 0. The number of aromatic hydroxyl groups is 1. The number of phenols is 1. The Morgan fingerprint density at radius 1 is 1.04 bits per heavy atom. The van der Waals surface area contributed by atoms with Crippen molar-refractivity contribution in [2.75, 3.05) is 0 Å². The van der Waals surface area contributed by atoms with Gasteiger partial charge in [-0.05, 0) is 41.3 Å². The molecule has 0 amide bonds. The van der Waals surface area contributed by atoms with Gasteiger partial charge >= 0.3 is 6.36 Å². The van der Waals surface area contributed by atoms with Crippen LogP contribution in [0.1, 0.15) is 0 Å². The van der Waals surface area contributed by atoms with E-state index in [0.29, 0.717) is 16.3 Å². The van der Waals surface area contributed by atoms with Gasteiger partial charge in [-0.25, -0.2) is 0 Å². The monoisotopic (exact) mass is 321 g/mol. The SMILES string of the molecule is O=c1[nH]ccc2ccc(-c3cc(OC(F)(F)F)ccc3O)cc12. The Morgan fingerprint density at radius 3 is 2.57 bits per heavy atom. The van der Waals surface area contributed by atoms with Gasteiger partial charge in [0, 0.05) is 17.1 Å². The second-order valence-electron chi connectivity index (χ2n) is 4.84. The van der Waals surface area contributed by atoms with E-state index in [2.05, 4.69) is 9.72 Å². The molecular weight excluding hydrogens is 311 g/mol. The van der Waals surface area contributed by atoms with E-state index in [0.717, 1.165) is 18.2 Å². The van der Waals surface area contributed by atoms with E-state index in [-0.39, 0.29) is 16.9 Å². The van der Waals surface area contributed by atoms with Crippen LogP contribution in [0.3, 0.4) is 0 Å². The van der Waals surface area contributed by atoms with Crippen LogP contribution in [0, 0.1) is 0 Å². The number of ether oxygens (including phenoxy) is 1. The van der Waals surface area contributed by atoms with E-state index < -0.39 is 12.1 Å². The number of rotatable bonds is 2. The third-order valence-electron chi connectivity index (χ3n) is 3.29. The van der Waals surface area contributed by atoms with Gasteiger partial charge in [0.1, 0.15) is 11.5 Å². The van der Waals surface area contributed by atoms with Gasteiger partial charge in [0.05, 0.1) is 0 Å². The summed E-state index contributed by atoms with van der Waals surface area (Å²) in [5, 5.41) is 11.0. The first-order valence-corrected chi connectivity index (χ1v) is 6.54. The summed E-state index contributed by atoms with van der Waals surface area (Å²) in [6, 6.07) is 9.64. The van der Waals surface area contributed by atoms with Crippen molar-refractivity contribution in [3.63, 3.8) is 0 Å². The van der Waals surface area contributed by atoms with Crippen molar-refractivity contribution in [2.45, 2.75) is 6.36 Å². The topological polar surface area (TPSA) is 62.3 Å². The maximum absolute atomic E-state index is 12.3. The van der Waals surface area contributed by atoms with Crippen LogP contribution in [0.15, 0.2) is 53.5 Å². The zero-order chi connectivity index (χ0) is 16.6. The zero-order valence-corrected chi connectivity index (χ0v) is 11.5. The molecule has 1 heterocycles.